The Morgan fingerprint density at radius 1 is 1.12 bits per heavy atom. The van der Waals surface area contributed by atoms with E-state index in [1.807, 2.05) is 36.4 Å². The molecule has 1 amide bonds. The second kappa shape index (κ2) is 8.43. The molecule has 0 aliphatic carbocycles. The van der Waals surface area contributed by atoms with Gasteiger partial charge in [0.15, 0.2) is 0 Å². The molecule has 0 radical (unpaired) electrons. The number of amides is 1. The number of para-hydroxylation sites is 2. The van der Waals surface area contributed by atoms with Crippen molar-refractivity contribution in [2.24, 2.45) is 5.73 Å². The summed E-state index contributed by atoms with van der Waals surface area (Å²) in [4.78, 5) is 16.3. The monoisotopic (exact) mass is 372 g/mol. The van der Waals surface area contributed by atoms with Crippen LogP contribution in [0.25, 0.3) is 0 Å². The van der Waals surface area contributed by atoms with Crippen LogP contribution in [0.4, 0.5) is 11.4 Å². The highest BCUT2D eigenvalue weighted by Crippen LogP contribution is 2.26. The van der Waals surface area contributed by atoms with E-state index < -0.39 is 5.91 Å². The quantitative estimate of drug-likeness (QED) is 0.818. The number of halogens is 1. The summed E-state index contributed by atoms with van der Waals surface area (Å²) in [5.41, 5.74) is 7.87. The van der Waals surface area contributed by atoms with E-state index in [0.29, 0.717) is 11.6 Å². The van der Waals surface area contributed by atoms with E-state index in [9.17, 15) is 4.79 Å². The normalized spacial score (nSPS) is 16.3. The third-order valence-corrected chi connectivity index (χ3v) is 5.23. The number of carbonyl (C=O) groups is 1. The Labute approximate surface area is 159 Å². The van der Waals surface area contributed by atoms with Crippen LogP contribution in [0.15, 0.2) is 48.5 Å². The van der Waals surface area contributed by atoms with Gasteiger partial charge in [0.05, 0.1) is 16.3 Å². The maximum absolute atomic E-state index is 11.5. The molecule has 1 atom stereocenters. The zero-order valence-corrected chi connectivity index (χ0v) is 15.7. The minimum absolute atomic E-state index is 0.351. The van der Waals surface area contributed by atoms with Crippen LogP contribution in [0.1, 0.15) is 17.3 Å². The number of benzene rings is 2. The van der Waals surface area contributed by atoms with Crippen molar-refractivity contribution in [3.63, 3.8) is 0 Å². The Bertz CT molecular complexity index is 759. The molecule has 1 unspecified atom stereocenters. The van der Waals surface area contributed by atoms with Crippen molar-refractivity contribution >= 4 is 28.9 Å². The van der Waals surface area contributed by atoms with Gasteiger partial charge in [0.1, 0.15) is 0 Å². The van der Waals surface area contributed by atoms with Crippen LogP contribution in [-0.4, -0.2) is 49.6 Å². The Hall–Kier alpha value is -2.24. The average molecular weight is 373 g/mol. The molecule has 0 saturated carbocycles. The summed E-state index contributed by atoms with van der Waals surface area (Å²) in [7, 11) is 0. The van der Waals surface area contributed by atoms with Crippen molar-refractivity contribution in [2.75, 3.05) is 42.9 Å². The van der Waals surface area contributed by atoms with Crippen LogP contribution in [0.3, 0.4) is 0 Å². The largest absolute Gasteiger partial charge is 0.383 e. The highest BCUT2D eigenvalue weighted by Gasteiger charge is 2.22. The van der Waals surface area contributed by atoms with E-state index >= 15 is 0 Å². The first kappa shape index (κ1) is 18.5. The van der Waals surface area contributed by atoms with Crippen LogP contribution in [0.2, 0.25) is 5.02 Å². The van der Waals surface area contributed by atoms with Crippen molar-refractivity contribution < 1.29 is 4.79 Å². The average Bonchev–Trinajstić information content (AvgIpc) is 2.67. The maximum atomic E-state index is 11.5. The lowest BCUT2D eigenvalue weighted by Gasteiger charge is -2.39. The molecule has 1 fully saturated rings. The molecule has 1 aliphatic rings. The first-order chi connectivity index (χ1) is 12.6. The third kappa shape index (κ3) is 4.29. The molecule has 0 aromatic heterocycles. The van der Waals surface area contributed by atoms with Crippen molar-refractivity contribution in [3.05, 3.63) is 59.1 Å². The van der Waals surface area contributed by atoms with Crippen LogP contribution in [-0.2, 0) is 0 Å². The number of nitrogens with zero attached hydrogens (tertiary/aromatic N) is 2. The number of hydrogen-bond donors (Lipinski definition) is 2. The summed E-state index contributed by atoms with van der Waals surface area (Å²) >= 11 is 6.31. The fraction of sp³-hybridized carbons (Fsp3) is 0.350. The minimum atomic E-state index is -0.408. The molecule has 138 valence electrons. The number of anilines is 2. The second-order valence-electron chi connectivity index (χ2n) is 6.61. The third-order valence-electron chi connectivity index (χ3n) is 4.91. The van der Waals surface area contributed by atoms with E-state index in [2.05, 4.69) is 28.1 Å². The van der Waals surface area contributed by atoms with Crippen LogP contribution in [0, 0.1) is 0 Å². The first-order valence-electron chi connectivity index (χ1n) is 8.92. The Balaban J connectivity index is 1.54. The standard InChI is InChI=1S/C20H25ClN4O/c1-15(14-23-18-8-4-2-6-16(18)20(22)26)24-10-12-25(13-11-24)19-9-5-3-7-17(19)21/h2-9,15,23H,10-14H2,1H3,(H2,22,26). The van der Waals surface area contributed by atoms with E-state index in [4.69, 9.17) is 17.3 Å². The highest BCUT2D eigenvalue weighted by molar-refractivity contribution is 6.33. The van der Waals surface area contributed by atoms with Gasteiger partial charge in [-0.05, 0) is 31.2 Å². The summed E-state index contributed by atoms with van der Waals surface area (Å²) < 4.78 is 0. The van der Waals surface area contributed by atoms with Crippen LogP contribution >= 0.6 is 11.6 Å². The molecule has 0 bridgehead atoms. The molecule has 2 aromatic rings. The molecule has 2 aromatic carbocycles. The van der Waals surface area contributed by atoms with Crippen LogP contribution < -0.4 is 16.0 Å². The molecular weight excluding hydrogens is 348 g/mol. The van der Waals surface area contributed by atoms with Gasteiger partial charge in [-0.3, -0.25) is 9.69 Å². The summed E-state index contributed by atoms with van der Waals surface area (Å²) in [5, 5.41) is 4.17. The van der Waals surface area contributed by atoms with E-state index in [-0.39, 0.29) is 0 Å². The van der Waals surface area contributed by atoms with Gasteiger partial charge in [-0.15, -0.1) is 0 Å². The van der Waals surface area contributed by atoms with Gasteiger partial charge in [-0.1, -0.05) is 35.9 Å². The van der Waals surface area contributed by atoms with E-state index in [1.54, 1.807) is 6.07 Å². The number of piperazine rings is 1. The molecule has 1 aliphatic heterocycles. The topological polar surface area (TPSA) is 61.6 Å². The maximum Gasteiger partial charge on any atom is 0.250 e. The zero-order valence-electron chi connectivity index (χ0n) is 15.0. The predicted octanol–water partition coefficient (Wildman–Crippen LogP) is 3.06. The van der Waals surface area contributed by atoms with E-state index in [1.165, 1.54) is 0 Å². The van der Waals surface area contributed by atoms with Crippen molar-refractivity contribution in [1.29, 1.82) is 0 Å². The highest BCUT2D eigenvalue weighted by atomic mass is 35.5. The Kier molecular flexibility index (Phi) is 6.01. The second-order valence-corrected chi connectivity index (χ2v) is 7.02. The number of hydrogen-bond acceptors (Lipinski definition) is 4. The van der Waals surface area contributed by atoms with Gasteiger partial charge in [-0.2, -0.15) is 0 Å². The lowest BCUT2D eigenvalue weighted by Crippen LogP contribution is -2.51. The molecule has 1 saturated heterocycles. The van der Waals surface area contributed by atoms with Crippen LogP contribution in [0.5, 0.6) is 0 Å². The molecule has 3 rings (SSSR count). The number of carbonyl (C=O) groups excluding carboxylic acids is 1. The number of primary amides is 1. The minimum Gasteiger partial charge on any atom is -0.383 e. The van der Waals surface area contributed by atoms with Gasteiger partial charge in [0.2, 0.25) is 0 Å². The molecule has 3 N–H and O–H groups in total. The molecule has 1 heterocycles. The fourth-order valence-corrected chi connectivity index (χ4v) is 3.61. The summed E-state index contributed by atoms with van der Waals surface area (Å²) in [6, 6.07) is 15.7. The smallest absolute Gasteiger partial charge is 0.250 e. The Morgan fingerprint density at radius 2 is 1.77 bits per heavy atom. The fourth-order valence-electron chi connectivity index (χ4n) is 3.35. The van der Waals surface area contributed by atoms with Gasteiger partial charge >= 0.3 is 0 Å². The van der Waals surface area contributed by atoms with Crippen molar-refractivity contribution in [2.45, 2.75) is 13.0 Å². The van der Waals surface area contributed by atoms with Gasteiger partial charge in [-0.25, -0.2) is 0 Å². The van der Waals surface area contributed by atoms with Gasteiger partial charge in [0, 0.05) is 44.5 Å². The zero-order chi connectivity index (χ0) is 18.5. The molecule has 5 nitrogen and oxygen atoms in total. The van der Waals surface area contributed by atoms with Crippen molar-refractivity contribution in [1.82, 2.24) is 4.90 Å². The summed E-state index contributed by atoms with van der Waals surface area (Å²) in [6.45, 7) is 6.82. The molecule has 26 heavy (non-hydrogen) atoms. The SMILES string of the molecule is CC(CNc1ccccc1C(N)=O)N1CCN(c2ccccc2Cl)CC1. The number of rotatable bonds is 6. The van der Waals surface area contributed by atoms with Gasteiger partial charge in [0.25, 0.3) is 5.91 Å². The molecular formula is C20H25ClN4O. The van der Waals surface area contributed by atoms with Crippen molar-refractivity contribution in [3.8, 4) is 0 Å². The first-order valence-corrected chi connectivity index (χ1v) is 9.30. The molecule has 6 heteroatoms. The Morgan fingerprint density at radius 3 is 2.46 bits per heavy atom. The molecule has 0 spiro atoms. The number of nitrogens with two attached hydrogens (primary N) is 1. The predicted molar refractivity (Wildman–Crippen MR) is 108 cm³/mol. The van der Waals surface area contributed by atoms with Gasteiger partial charge < -0.3 is 16.0 Å². The lowest BCUT2D eigenvalue weighted by molar-refractivity contribution is 0.100. The summed E-state index contributed by atoms with van der Waals surface area (Å²) in [5.74, 6) is -0.408. The van der Waals surface area contributed by atoms with E-state index in [0.717, 1.165) is 49.1 Å². The lowest BCUT2D eigenvalue weighted by atomic mass is 10.1. The summed E-state index contributed by atoms with van der Waals surface area (Å²) in [6.07, 6.45) is 0. The number of nitrogens with one attached hydrogen (secondary N) is 1.